The van der Waals surface area contributed by atoms with Crippen LogP contribution in [0.2, 0.25) is 0 Å². The van der Waals surface area contributed by atoms with E-state index in [0.29, 0.717) is 5.56 Å². The molecular formula is C15H18BrNO3. The van der Waals surface area contributed by atoms with Crippen LogP contribution in [0.25, 0.3) is 0 Å². The van der Waals surface area contributed by atoms with Crippen LogP contribution in [0.1, 0.15) is 43.0 Å². The normalized spacial score (nSPS) is 16.7. The van der Waals surface area contributed by atoms with Gasteiger partial charge in [0.15, 0.2) is 6.10 Å². The predicted molar refractivity (Wildman–Crippen MR) is 79.4 cm³/mol. The fraction of sp³-hybridized carbons (Fsp3) is 0.467. The van der Waals surface area contributed by atoms with Crippen molar-refractivity contribution >= 4 is 27.8 Å². The third kappa shape index (κ3) is 4.07. The van der Waals surface area contributed by atoms with Crippen molar-refractivity contribution in [2.45, 2.75) is 44.8 Å². The third-order valence-corrected chi connectivity index (χ3v) is 3.91. The van der Waals surface area contributed by atoms with Crippen molar-refractivity contribution in [1.82, 2.24) is 5.32 Å². The largest absolute Gasteiger partial charge is 0.449 e. The van der Waals surface area contributed by atoms with Gasteiger partial charge in [0.25, 0.3) is 5.91 Å². The molecule has 0 radical (unpaired) electrons. The summed E-state index contributed by atoms with van der Waals surface area (Å²) in [6.45, 7) is 1.60. The molecular weight excluding hydrogens is 322 g/mol. The van der Waals surface area contributed by atoms with Gasteiger partial charge in [-0.1, -0.05) is 34.8 Å². The number of ether oxygens (including phenoxy) is 1. The zero-order valence-corrected chi connectivity index (χ0v) is 13.0. The molecule has 1 saturated carbocycles. The number of hydrogen-bond acceptors (Lipinski definition) is 3. The first-order valence-electron chi connectivity index (χ1n) is 6.83. The van der Waals surface area contributed by atoms with E-state index >= 15 is 0 Å². The average Bonchev–Trinajstić information content (AvgIpc) is 2.91. The molecule has 0 heterocycles. The van der Waals surface area contributed by atoms with Crippen molar-refractivity contribution in [3.05, 3.63) is 34.3 Å². The van der Waals surface area contributed by atoms with Gasteiger partial charge < -0.3 is 10.1 Å². The van der Waals surface area contributed by atoms with E-state index in [-0.39, 0.29) is 11.9 Å². The van der Waals surface area contributed by atoms with Crippen molar-refractivity contribution in [1.29, 1.82) is 0 Å². The van der Waals surface area contributed by atoms with Crippen LogP contribution in [0.15, 0.2) is 28.7 Å². The molecule has 0 unspecified atom stereocenters. The number of carbonyl (C=O) groups is 2. The Bertz CT molecular complexity index is 498. The predicted octanol–water partition coefficient (Wildman–Crippen LogP) is 3.05. The number of halogens is 1. The van der Waals surface area contributed by atoms with E-state index in [0.717, 1.165) is 30.2 Å². The lowest BCUT2D eigenvalue weighted by Gasteiger charge is -2.17. The molecule has 2 rings (SSSR count). The van der Waals surface area contributed by atoms with Gasteiger partial charge in [0.2, 0.25) is 0 Å². The minimum atomic E-state index is -0.776. The zero-order valence-electron chi connectivity index (χ0n) is 11.4. The second-order valence-electron chi connectivity index (χ2n) is 5.05. The molecule has 0 bridgehead atoms. The zero-order chi connectivity index (χ0) is 14.5. The van der Waals surface area contributed by atoms with Gasteiger partial charge in [0, 0.05) is 10.5 Å². The van der Waals surface area contributed by atoms with E-state index in [1.165, 1.54) is 0 Å². The van der Waals surface area contributed by atoms with Crippen LogP contribution < -0.4 is 5.32 Å². The molecule has 0 aliphatic heterocycles. The summed E-state index contributed by atoms with van der Waals surface area (Å²) in [5, 5.41) is 2.92. The minimum absolute atomic E-state index is 0.222. The molecule has 1 aromatic rings. The molecule has 1 aliphatic rings. The maximum atomic E-state index is 11.9. The monoisotopic (exact) mass is 339 g/mol. The Labute approximate surface area is 127 Å². The Morgan fingerprint density at radius 3 is 2.70 bits per heavy atom. The molecule has 1 fully saturated rings. The lowest BCUT2D eigenvalue weighted by Crippen LogP contribution is -2.40. The van der Waals surface area contributed by atoms with E-state index in [4.69, 9.17) is 4.74 Å². The topological polar surface area (TPSA) is 55.4 Å². The van der Waals surface area contributed by atoms with Crippen molar-refractivity contribution < 1.29 is 14.3 Å². The van der Waals surface area contributed by atoms with Crippen LogP contribution in [0.3, 0.4) is 0 Å². The summed E-state index contributed by atoms with van der Waals surface area (Å²) >= 11 is 3.30. The number of benzene rings is 1. The lowest BCUT2D eigenvalue weighted by molar-refractivity contribution is -0.129. The van der Waals surface area contributed by atoms with E-state index < -0.39 is 12.1 Å². The van der Waals surface area contributed by atoms with Gasteiger partial charge in [0.05, 0.1) is 5.56 Å². The fourth-order valence-corrected chi connectivity index (χ4v) is 2.69. The van der Waals surface area contributed by atoms with Gasteiger partial charge in [-0.25, -0.2) is 4.79 Å². The molecule has 1 amide bonds. The van der Waals surface area contributed by atoms with Crippen LogP contribution >= 0.6 is 15.9 Å². The van der Waals surface area contributed by atoms with Gasteiger partial charge >= 0.3 is 5.97 Å². The van der Waals surface area contributed by atoms with Crippen LogP contribution in [0.5, 0.6) is 0 Å². The number of hydrogen-bond donors (Lipinski definition) is 1. The Morgan fingerprint density at radius 1 is 1.35 bits per heavy atom. The van der Waals surface area contributed by atoms with E-state index in [9.17, 15) is 9.59 Å². The molecule has 0 spiro atoms. The van der Waals surface area contributed by atoms with Gasteiger partial charge in [-0.2, -0.15) is 0 Å². The lowest BCUT2D eigenvalue weighted by atomic mass is 10.2. The molecule has 108 valence electrons. The molecule has 5 heteroatoms. The number of carbonyl (C=O) groups excluding carboxylic acids is 2. The van der Waals surface area contributed by atoms with Crippen LogP contribution in [0.4, 0.5) is 0 Å². The van der Waals surface area contributed by atoms with Gasteiger partial charge in [-0.05, 0) is 38.0 Å². The first kappa shape index (κ1) is 15.0. The van der Waals surface area contributed by atoms with Crippen molar-refractivity contribution in [2.24, 2.45) is 0 Å². The molecule has 1 N–H and O–H groups in total. The third-order valence-electron chi connectivity index (χ3n) is 3.41. The molecule has 1 aromatic carbocycles. The smallest absolute Gasteiger partial charge is 0.338 e. The highest BCUT2D eigenvalue weighted by atomic mass is 79.9. The Kier molecular flexibility index (Phi) is 5.17. The molecule has 4 nitrogen and oxygen atoms in total. The van der Waals surface area contributed by atoms with Gasteiger partial charge in [-0.15, -0.1) is 0 Å². The highest BCUT2D eigenvalue weighted by Gasteiger charge is 2.23. The van der Waals surface area contributed by atoms with Gasteiger partial charge in [-0.3, -0.25) is 4.79 Å². The van der Waals surface area contributed by atoms with E-state index in [1.54, 1.807) is 25.1 Å². The van der Waals surface area contributed by atoms with E-state index in [1.807, 2.05) is 6.07 Å². The maximum Gasteiger partial charge on any atom is 0.338 e. The second kappa shape index (κ2) is 6.88. The summed E-state index contributed by atoms with van der Waals surface area (Å²) in [7, 11) is 0. The fourth-order valence-electron chi connectivity index (χ4n) is 2.29. The SMILES string of the molecule is C[C@H](OC(=O)c1cccc(Br)c1)C(=O)NC1CCCC1. The molecule has 1 atom stereocenters. The first-order chi connectivity index (χ1) is 9.56. The summed E-state index contributed by atoms with van der Waals surface area (Å²) in [4.78, 5) is 23.9. The number of nitrogens with one attached hydrogen (secondary N) is 1. The summed E-state index contributed by atoms with van der Waals surface area (Å²) < 4.78 is 5.99. The minimum Gasteiger partial charge on any atom is -0.449 e. The Balaban J connectivity index is 1.88. The molecule has 0 saturated heterocycles. The molecule has 20 heavy (non-hydrogen) atoms. The Morgan fingerprint density at radius 2 is 2.05 bits per heavy atom. The quantitative estimate of drug-likeness (QED) is 0.857. The van der Waals surface area contributed by atoms with Crippen molar-refractivity contribution in [3.8, 4) is 0 Å². The van der Waals surface area contributed by atoms with Crippen LogP contribution in [0, 0.1) is 0 Å². The summed E-state index contributed by atoms with van der Waals surface area (Å²) in [6.07, 6.45) is 3.55. The highest BCUT2D eigenvalue weighted by molar-refractivity contribution is 9.10. The van der Waals surface area contributed by atoms with E-state index in [2.05, 4.69) is 21.2 Å². The van der Waals surface area contributed by atoms with Crippen molar-refractivity contribution in [3.63, 3.8) is 0 Å². The average molecular weight is 340 g/mol. The maximum absolute atomic E-state index is 11.9. The summed E-state index contributed by atoms with van der Waals surface area (Å²) in [5.74, 6) is -0.708. The van der Waals surface area contributed by atoms with Crippen LogP contribution in [-0.4, -0.2) is 24.0 Å². The summed E-state index contributed by atoms with van der Waals surface area (Å²) in [6, 6.07) is 7.14. The first-order valence-corrected chi connectivity index (χ1v) is 7.62. The second-order valence-corrected chi connectivity index (χ2v) is 5.96. The number of esters is 1. The standard InChI is InChI=1S/C15H18BrNO3/c1-10(14(18)17-13-7-2-3-8-13)20-15(19)11-5-4-6-12(16)9-11/h4-6,9-10,13H,2-3,7-8H2,1H3,(H,17,18)/t10-/m0/s1. The van der Waals surface area contributed by atoms with Gasteiger partial charge in [0.1, 0.15) is 0 Å². The number of rotatable bonds is 4. The Hall–Kier alpha value is -1.36. The summed E-state index contributed by atoms with van der Waals surface area (Å²) in [5.41, 5.74) is 0.430. The number of amides is 1. The highest BCUT2D eigenvalue weighted by Crippen LogP contribution is 2.18. The van der Waals surface area contributed by atoms with Crippen LogP contribution in [-0.2, 0) is 9.53 Å². The van der Waals surface area contributed by atoms with Crippen molar-refractivity contribution in [2.75, 3.05) is 0 Å². The molecule has 0 aromatic heterocycles. The molecule has 1 aliphatic carbocycles.